The van der Waals surface area contributed by atoms with Gasteiger partial charge in [-0.3, -0.25) is 5.01 Å². The lowest BCUT2D eigenvalue weighted by atomic mass is 9.92. The Labute approximate surface area is 133 Å². The lowest BCUT2D eigenvalue weighted by Crippen LogP contribution is -2.29. The van der Waals surface area contributed by atoms with E-state index < -0.39 is 0 Å². The van der Waals surface area contributed by atoms with Crippen LogP contribution in [0.25, 0.3) is 0 Å². The lowest BCUT2D eigenvalue weighted by molar-refractivity contribution is 0.277. The third kappa shape index (κ3) is 4.36. The van der Waals surface area contributed by atoms with Crippen LogP contribution < -0.4 is 0 Å². The van der Waals surface area contributed by atoms with Gasteiger partial charge in [-0.25, -0.2) is 0 Å². The predicted molar refractivity (Wildman–Crippen MR) is 91.2 cm³/mol. The summed E-state index contributed by atoms with van der Waals surface area (Å²) >= 11 is 0. The molecule has 0 atom stereocenters. The summed E-state index contributed by atoms with van der Waals surface area (Å²) in [5, 5.41) is 25.8. The molecule has 118 valence electrons. The second kappa shape index (κ2) is 7.13. The number of nitrogens with zero attached hydrogens (tertiary/aromatic N) is 3. The zero-order valence-electron chi connectivity index (χ0n) is 14.1. The van der Waals surface area contributed by atoms with E-state index in [9.17, 15) is 10.4 Å². The Morgan fingerprint density at radius 2 is 2.09 bits per heavy atom. The third-order valence-corrected chi connectivity index (χ3v) is 3.38. The van der Waals surface area contributed by atoms with Crippen LogP contribution >= 0.6 is 0 Å². The van der Waals surface area contributed by atoms with E-state index in [-0.39, 0.29) is 16.7 Å². The van der Waals surface area contributed by atoms with Gasteiger partial charge in [0.05, 0.1) is 5.70 Å². The number of allylic oxidation sites excluding steroid dienone is 5. The van der Waals surface area contributed by atoms with Gasteiger partial charge in [-0.15, -0.1) is 0 Å². The molecule has 0 aromatic heterocycles. The number of aliphatic hydroxyl groups is 1. The molecule has 0 saturated carbocycles. The Kier molecular flexibility index (Phi) is 5.76. The van der Waals surface area contributed by atoms with Gasteiger partial charge in [0, 0.05) is 6.54 Å². The second-order valence-electron chi connectivity index (χ2n) is 6.54. The third-order valence-electron chi connectivity index (χ3n) is 3.38. The molecule has 4 nitrogen and oxygen atoms in total. The van der Waals surface area contributed by atoms with Gasteiger partial charge in [0.15, 0.2) is 5.76 Å². The van der Waals surface area contributed by atoms with E-state index in [0.717, 1.165) is 12.0 Å². The van der Waals surface area contributed by atoms with Gasteiger partial charge < -0.3 is 5.11 Å². The summed E-state index contributed by atoms with van der Waals surface area (Å²) in [5.74, 6) is -0.0993. The largest absolute Gasteiger partial charge is 0.504 e. The highest BCUT2D eigenvalue weighted by Gasteiger charge is 2.27. The average Bonchev–Trinajstić information content (AvgIpc) is 2.43. The van der Waals surface area contributed by atoms with Crippen molar-refractivity contribution in [1.82, 2.24) is 5.01 Å². The molecule has 1 aliphatic rings. The molecule has 0 aromatic rings. The molecule has 1 N–H and O–H groups in total. The molecule has 0 aliphatic carbocycles. The summed E-state index contributed by atoms with van der Waals surface area (Å²) in [7, 11) is 0. The lowest BCUT2D eigenvalue weighted by Gasteiger charge is -2.29. The molecule has 1 heterocycles. The first kappa shape index (κ1) is 17.8. The number of hydrogen-bond acceptors (Lipinski definition) is 4. The average molecular weight is 299 g/mol. The van der Waals surface area contributed by atoms with Gasteiger partial charge in [-0.05, 0) is 31.3 Å². The van der Waals surface area contributed by atoms with Crippen molar-refractivity contribution in [2.45, 2.75) is 41.0 Å². The number of nitriles is 1. The SMILES string of the molecule is C=C1C(C#N)=C(O)C(/C(C)=C/C=C\C)=NN1CCC(C)(C)C. The van der Waals surface area contributed by atoms with Crippen molar-refractivity contribution in [2.24, 2.45) is 10.5 Å². The van der Waals surface area contributed by atoms with Crippen LogP contribution in [-0.4, -0.2) is 22.4 Å². The molecular weight excluding hydrogens is 274 g/mol. The van der Waals surface area contributed by atoms with Gasteiger partial charge in [0.25, 0.3) is 0 Å². The van der Waals surface area contributed by atoms with Crippen LogP contribution in [0.15, 0.2) is 52.5 Å². The van der Waals surface area contributed by atoms with Gasteiger partial charge in [-0.1, -0.05) is 45.6 Å². The maximum atomic E-state index is 10.3. The summed E-state index contributed by atoms with van der Waals surface area (Å²) in [4.78, 5) is 0. The van der Waals surface area contributed by atoms with Crippen molar-refractivity contribution in [1.29, 1.82) is 5.26 Å². The topological polar surface area (TPSA) is 59.6 Å². The maximum Gasteiger partial charge on any atom is 0.163 e. The Hall–Kier alpha value is -2.28. The molecule has 0 fully saturated rings. The van der Waals surface area contributed by atoms with Crippen LogP contribution in [0.5, 0.6) is 0 Å². The molecule has 0 amide bonds. The van der Waals surface area contributed by atoms with Crippen molar-refractivity contribution < 1.29 is 5.11 Å². The molecular formula is C18H25N3O. The Balaban J connectivity index is 3.19. The van der Waals surface area contributed by atoms with E-state index in [1.807, 2.05) is 38.1 Å². The van der Waals surface area contributed by atoms with E-state index in [1.165, 1.54) is 0 Å². The molecule has 0 aromatic carbocycles. The molecule has 1 rings (SSSR count). The van der Waals surface area contributed by atoms with Crippen LogP contribution in [0.1, 0.15) is 41.0 Å². The van der Waals surface area contributed by atoms with Crippen LogP contribution in [0.2, 0.25) is 0 Å². The minimum absolute atomic E-state index is 0.0993. The summed E-state index contributed by atoms with van der Waals surface area (Å²) in [6.07, 6.45) is 6.54. The first-order valence-corrected chi connectivity index (χ1v) is 7.40. The van der Waals surface area contributed by atoms with Crippen molar-refractivity contribution in [3.05, 3.63) is 47.4 Å². The molecule has 0 saturated heterocycles. The van der Waals surface area contributed by atoms with E-state index in [1.54, 1.807) is 5.01 Å². The summed E-state index contributed by atoms with van der Waals surface area (Å²) in [6, 6.07) is 2.03. The van der Waals surface area contributed by atoms with E-state index in [0.29, 0.717) is 18.0 Å². The molecule has 22 heavy (non-hydrogen) atoms. The normalized spacial score (nSPS) is 17.1. The molecule has 0 radical (unpaired) electrons. The van der Waals surface area contributed by atoms with E-state index >= 15 is 0 Å². The maximum absolute atomic E-state index is 10.3. The zero-order valence-corrected chi connectivity index (χ0v) is 14.1. The number of aliphatic hydroxyl groups excluding tert-OH is 1. The van der Waals surface area contributed by atoms with Gasteiger partial charge >= 0.3 is 0 Å². The number of rotatable bonds is 4. The van der Waals surface area contributed by atoms with Crippen molar-refractivity contribution in [3.8, 4) is 6.07 Å². The standard InChI is InChI=1S/C18H25N3O/c1-7-8-9-13(2)16-17(22)15(12-19)14(3)21(20-16)11-10-18(4,5)6/h7-9,22H,3,10-11H2,1-2,4-6H3/b8-7-,13-9+. The van der Waals surface area contributed by atoms with Gasteiger partial charge in [0.1, 0.15) is 17.4 Å². The fourth-order valence-corrected chi connectivity index (χ4v) is 1.94. The smallest absolute Gasteiger partial charge is 0.163 e. The molecule has 1 aliphatic heterocycles. The molecule has 0 bridgehead atoms. The highest BCUT2D eigenvalue weighted by Crippen LogP contribution is 2.28. The van der Waals surface area contributed by atoms with Crippen LogP contribution in [0.3, 0.4) is 0 Å². The Morgan fingerprint density at radius 3 is 2.59 bits per heavy atom. The minimum Gasteiger partial charge on any atom is -0.504 e. The first-order valence-electron chi connectivity index (χ1n) is 7.40. The van der Waals surface area contributed by atoms with Crippen molar-refractivity contribution in [3.63, 3.8) is 0 Å². The quantitative estimate of drug-likeness (QED) is 0.779. The van der Waals surface area contributed by atoms with Crippen LogP contribution in [0.4, 0.5) is 0 Å². The number of hydrogen-bond donors (Lipinski definition) is 1. The highest BCUT2D eigenvalue weighted by molar-refractivity contribution is 6.12. The van der Waals surface area contributed by atoms with E-state index in [4.69, 9.17) is 0 Å². The van der Waals surface area contributed by atoms with Crippen LogP contribution in [0, 0.1) is 16.7 Å². The molecule has 0 spiro atoms. The van der Waals surface area contributed by atoms with Gasteiger partial charge in [0.2, 0.25) is 0 Å². The Bertz CT molecular complexity index is 607. The second-order valence-corrected chi connectivity index (χ2v) is 6.54. The van der Waals surface area contributed by atoms with Crippen LogP contribution in [-0.2, 0) is 0 Å². The fourth-order valence-electron chi connectivity index (χ4n) is 1.94. The summed E-state index contributed by atoms with van der Waals surface area (Å²) < 4.78 is 0. The molecule has 0 unspecified atom stereocenters. The summed E-state index contributed by atoms with van der Waals surface area (Å²) in [6.45, 7) is 14.8. The number of hydrazone groups is 1. The first-order chi connectivity index (χ1) is 10.2. The van der Waals surface area contributed by atoms with Crippen molar-refractivity contribution in [2.75, 3.05) is 6.54 Å². The minimum atomic E-state index is -0.0993. The van der Waals surface area contributed by atoms with Crippen molar-refractivity contribution >= 4 is 5.71 Å². The zero-order chi connectivity index (χ0) is 16.9. The van der Waals surface area contributed by atoms with Gasteiger partial charge in [-0.2, -0.15) is 10.4 Å². The Morgan fingerprint density at radius 1 is 1.45 bits per heavy atom. The molecule has 4 heteroatoms. The van der Waals surface area contributed by atoms with E-state index in [2.05, 4.69) is 32.5 Å². The monoisotopic (exact) mass is 299 g/mol. The predicted octanol–water partition coefficient (Wildman–Crippen LogP) is 4.47. The highest BCUT2D eigenvalue weighted by atomic mass is 16.3. The summed E-state index contributed by atoms with van der Waals surface area (Å²) in [5.41, 5.74) is 2.02. The fraction of sp³-hybridized carbons (Fsp3) is 0.444.